The summed E-state index contributed by atoms with van der Waals surface area (Å²) in [6.45, 7) is 2.10. The average molecular weight is 380 g/mol. The van der Waals surface area contributed by atoms with E-state index in [2.05, 4.69) is 40.9 Å². The minimum atomic E-state index is -0.221. The Balaban J connectivity index is 1.41. The molecule has 0 saturated carbocycles. The lowest BCUT2D eigenvalue weighted by Crippen LogP contribution is -1.99. The summed E-state index contributed by atoms with van der Waals surface area (Å²) in [6.07, 6.45) is 6.50. The van der Waals surface area contributed by atoms with Crippen LogP contribution < -0.4 is 0 Å². The molecule has 142 valence electrons. The van der Waals surface area contributed by atoms with Crippen molar-refractivity contribution in [2.45, 2.75) is 26.2 Å². The first kappa shape index (κ1) is 18.8. The zero-order valence-corrected chi connectivity index (χ0v) is 16.3. The van der Waals surface area contributed by atoms with Crippen molar-refractivity contribution in [3.05, 3.63) is 107 Å². The van der Waals surface area contributed by atoms with Gasteiger partial charge in [0.15, 0.2) is 0 Å². The summed E-state index contributed by atoms with van der Waals surface area (Å²) in [6, 6.07) is 18.9. The molecule has 0 aliphatic rings. The third-order valence-electron chi connectivity index (χ3n) is 4.91. The van der Waals surface area contributed by atoms with Gasteiger partial charge in [0.2, 0.25) is 0 Å². The molecule has 29 heavy (non-hydrogen) atoms. The van der Waals surface area contributed by atoms with Crippen molar-refractivity contribution in [1.29, 1.82) is 0 Å². The highest BCUT2D eigenvalue weighted by molar-refractivity contribution is 5.83. The minimum absolute atomic E-state index is 0.221. The minimum Gasteiger partial charge on any atom is -0.241 e. The molecule has 0 unspecified atom stereocenters. The summed E-state index contributed by atoms with van der Waals surface area (Å²) in [5, 5.41) is 1.87. The van der Waals surface area contributed by atoms with Crippen LogP contribution in [-0.2, 0) is 19.3 Å². The van der Waals surface area contributed by atoms with Crippen LogP contribution in [0.15, 0.2) is 73.1 Å². The summed E-state index contributed by atoms with van der Waals surface area (Å²) >= 11 is 0. The standard InChI is InChI=1S/C26H21FN2/c1-2-19-17-28-26(29-18-19)14-10-21-5-3-20(4-6-21)7-8-22-9-11-24-16-25(27)13-12-23(24)15-22/h3-6,9,11-13,15-18H,2,10,14H2,1H3. The number of nitrogens with zero attached hydrogens (tertiary/aromatic N) is 2. The Labute approximate surface area is 170 Å². The lowest BCUT2D eigenvalue weighted by Gasteiger charge is -2.02. The van der Waals surface area contributed by atoms with Crippen molar-refractivity contribution in [3.63, 3.8) is 0 Å². The van der Waals surface area contributed by atoms with Gasteiger partial charge in [-0.3, -0.25) is 0 Å². The van der Waals surface area contributed by atoms with Crippen LogP contribution in [0.25, 0.3) is 10.8 Å². The van der Waals surface area contributed by atoms with Gasteiger partial charge in [0.1, 0.15) is 11.6 Å². The second-order valence-corrected chi connectivity index (χ2v) is 7.01. The lowest BCUT2D eigenvalue weighted by atomic mass is 10.1. The summed E-state index contributed by atoms with van der Waals surface area (Å²) in [5.41, 5.74) is 4.29. The molecule has 0 amide bonds. The van der Waals surface area contributed by atoms with E-state index in [0.717, 1.165) is 52.5 Å². The van der Waals surface area contributed by atoms with Crippen molar-refractivity contribution >= 4 is 10.8 Å². The van der Waals surface area contributed by atoms with Crippen LogP contribution in [0.1, 0.15) is 35.0 Å². The number of fused-ring (bicyclic) bond motifs is 1. The van der Waals surface area contributed by atoms with Gasteiger partial charge in [-0.25, -0.2) is 14.4 Å². The molecule has 0 fully saturated rings. The molecular formula is C26H21FN2. The molecule has 0 atom stereocenters. The highest BCUT2D eigenvalue weighted by atomic mass is 19.1. The summed E-state index contributed by atoms with van der Waals surface area (Å²) < 4.78 is 13.3. The van der Waals surface area contributed by atoms with Gasteiger partial charge in [0.25, 0.3) is 0 Å². The van der Waals surface area contributed by atoms with E-state index >= 15 is 0 Å². The van der Waals surface area contributed by atoms with E-state index in [-0.39, 0.29) is 5.82 Å². The van der Waals surface area contributed by atoms with Gasteiger partial charge in [0, 0.05) is 29.9 Å². The quantitative estimate of drug-likeness (QED) is 0.436. The van der Waals surface area contributed by atoms with E-state index < -0.39 is 0 Å². The van der Waals surface area contributed by atoms with Gasteiger partial charge < -0.3 is 0 Å². The van der Waals surface area contributed by atoms with Gasteiger partial charge in [-0.05, 0) is 71.1 Å². The SMILES string of the molecule is CCc1cnc(CCc2ccc(C#Cc3ccc4cc(F)ccc4c3)cc2)nc1. The Bertz CT molecular complexity index is 1180. The van der Waals surface area contributed by atoms with Crippen LogP contribution in [0.2, 0.25) is 0 Å². The molecule has 0 aliphatic carbocycles. The van der Waals surface area contributed by atoms with Crippen molar-refractivity contribution in [3.8, 4) is 11.8 Å². The van der Waals surface area contributed by atoms with E-state index in [0.29, 0.717) is 0 Å². The van der Waals surface area contributed by atoms with Crippen LogP contribution in [0.5, 0.6) is 0 Å². The van der Waals surface area contributed by atoms with E-state index in [4.69, 9.17) is 0 Å². The molecule has 3 heteroatoms. The number of hydrogen-bond donors (Lipinski definition) is 0. The first-order valence-corrected chi connectivity index (χ1v) is 9.80. The summed E-state index contributed by atoms with van der Waals surface area (Å²) in [5.74, 6) is 7.05. The number of rotatable bonds is 4. The highest BCUT2D eigenvalue weighted by Gasteiger charge is 2.00. The van der Waals surface area contributed by atoms with Gasteiger partial charge >= 0.3 is 0 Å². The molecule has 4 aromatic rings. The topological polar surface area (TPSA) is 25.8 Å². The number of halogens is 1. The molecule has 4 rings (SSSR count). The number of aryl methyl sites for hydroxylation is 3. The van der Waals surface area contributed by atoms with Crippen molar-refractivity contribution in [1.82, 2.24) is 9.97 Å². The van der Waals surface area contributed by atoms with Crippen LogP contribution in [0.4, 0.5) is 4.39 Å². The van der Waals surface area contributed by atoms with E-state index in [1.54, 1.807) is 6.07 Å². The van der Waals surface area contributed by atoms with Crippen LogP contribution >= 0.6 is 0 Å². The van der Waals surface area contributed by atoms with Crippen molar-refractivity contribution in [2.75, 3.05) is 0 Å². The fourth-order valence-corrected chi connectivity index (χ4v) is 3.14. The smallest absolute Gasteiger partial charge is 0.128 e. The van der Waals surface area contributed by atoms with Crippen LogP contribution in [-0.4, -0.2) is 9.97 Å². The maximum atomic E-state index is 13.3. The molecule has 1 heterocycles. The first-order valence-electron chi connectivity index (χ1n) is 9.80. The normalized spacial score (nSPS) is 10.6. The predicted octanol–water partition coefficient (Wildman–Crippen LogP) is 5.52. The number of aromatic nitrogens is 2. The van der Waals surface area contributed by atoms with Crippen LogP contribution in [0, 0.1) is 17.7 Å². The molecule has 0 aliphatic heterocycles. The van der Waals surface area contributed by atoms with Gasteiger partial charge in [-0.15, -0.1) is 0 Å². The monoisotopic (exact) mass is 380 g/mol. The summed E-state index contributed by atoms with van der Waals surface area (Å²) in [7, 11) is 0. The number of benzene rings is 3. The summed E-state index contributed by atoms with van der Waals surface area (Å²) in [4.78, 5) is 8.83. The fourth-order valence-electron chi connectivity index (χ4n) is 3.14. The largest absolute Gasteiger partial charge is 0.241 e. The maximum Gasteiger partial charge on any atom is 0.128 e. The van der Waals surface area contributed by atoms with Crippen molar-refractivity contribution in [2.24, 2.45) is 0 Å². The Morgan fingerprint density at radius 1 is 0.724 bits per heavy atom. The van der Waals surface area contributed by atoms with Gasteiger partial charge in [-0.1, -0.05) is 43.0 Å². The Kier molecular flexibility index (Phi) is 5.63. The average Bonchev–Trinajstić information content (AvgIpc) is 2.77. The van der Waals surface area contributed by atoms with E-state index in [1.807, 2.05) is 42.7 Å². The second kappa shape index (κ2) is 8.67. The third-order valence-corrected chi connectivity index (χ3v) is 4.91. The predicted molar refractivity (Wildman–Crippen MR) is 115 cm³/mol. The zero-order chi connectivity index (χ0) is 20.1. The fraction of sp³-hybridized carbons (Fsp3) is 0.154. The molecule has 0 N–H and O–H groups in total. The van der Waals surface area contributed by atoms with E-state index in [9.17, 15) is 4.39 Å². The second-order valence-electron chi connectivity index (χ2n) is 7.01. The highest BCUT2D eigenvalue weighted by Crippen LogP contribution is 2.17. The lowest BCUT2D eigenvalue weighted by molar-refractivity contribution is 0.630. The molecule has 0 saturated heterocycles. The van der Waals surface area contributed by atoms with Crippen molar-refractivity contribution < 1.29 is 4.39 Å². The van der Waals surface area contributed by atoms with Crippen LogP contribution in [0.3, 0.4) is 0 Å². The molecule has 0 radical (unpaired) electrons. The molecule has 1 aromatic heterocycles. The molecule has 2 nitrogen and oxygen atoms in total. The van der Waals surface area contributed by atoms with Gasteiger partial charge in [-0.2, -0.15) is 0 Å². The Morgan fingerprint density at radius 3 is 2.14 bits per heavy atom. The molecular weight excluding hydrogens is 359 g/mol. The van der Waals surface area contributed by atoms with Gasteiger partial charge in [0.05, 0.1) is 0 Å². The van der Waals surface area contributed by atoms with E-state index in [1.165, 1.54) is 17.7 Å². The third kappa shape index (κ3) is 4.86. The first-order chi connectivity index (χ1) is 14.2. The Morgan fingerprint density at radius 2 is 1.38 bits per heavy atom. The molecule has 0 bridgehead atoms. The zero-order valence-electron chi connectivity index (χ0n) is 16.3. The molecule has 3 aromatic carbocycles. The number of hydrogen-bond acceptors (Lipinski definition) is 2. The maximum absolute atomic E-state index is 13.3. The Hall–Kier alpha value is -3.51. The molecule has 0 spiro atoms.